The number of nitrogens with zero attached hydrogens (tertiary/aromatic N) is 1. The number of aliphatic hydroxyl groups is 5. The van der Waals surface area contributed by atoms with Crippen molar-refractivity contribution in [3.63, 3.8) is 0 Å². The molecule has 0 aliphatic rings. The van der Waals surface area contributed by atoms with Crippen LogP contribution in [0.3, 0.4) is 0 Å². The maximum absolute atomic E-state index is 10.6. The quantitative estimate of drug-likeness (QED) is 0.163. The molecule has 0 spiro atoms. The van der Waals surface area contributed by atoms with Gasteiger partial charge in [0.15, 0.2) is 0 Å². The molecular formula is C31H50N2O5. The lowest BCUT2D eigenvalue weighted by Gasteiger charge is -2.29. The van der Waals surface area contributed by atoms with Crippen LogP contribution >= 0.6 is 0 Å². The zero-order valence-corrected chi connectivity index (χ0v) is 23.1. The van der Waals surface area contributed by atoms with E-state index in [0.717, 1.165) is 24.0 Å². The molecule has 4 atom stereocenters. The molecule has 0 saturated heterocycles. The molecule has 7 N–H and O–H groups in total. The predicted molar refractivity (Wildman–Crippen MR) is 156 cm³/mol. The second-order valence-electron chi connectivity index (χ2n) is 10.0. The highest BCUT2D eigenvalue weighted by Gasteiger charge is 2.19. The fourth-order valence-corrected chi connectivity index (χ4v) is 4.57. The summed E-state index contributed by atoms with van der Waals surface area (Å²) in [5.41, 5.74) is 10.3. The number of hydrogen-bond donors (Lipinski definition) is 6. The van der Waals surface area contributed by atoms with Gasteiger partial charge in [0, 0.05) is 39.3 Å². The van der Waals surface area contributed by atoms with Crippen molar-refractivity contribution in [3.8, 4) is 11.1 Å². The first-order valence-electron chi connectivity index (χ1n) is 13.7. The largest absolute Gasteiger partial charge is 0.396 e. The summed E-state index contributed by atoms with van der Waals surface area (Å²) in [5.74, 6) is 0.208. The van der Waals surface area contributed by atoms with Gasteiger partial charge in [-0.3, -0.25) is 4.90 Å². The number of benzene rings is 2. The zero-order valence-electron chi connectivity index (χ0n) is 23.1. The van der Waals surface area contributed by atoms with Gasteiger partial charge in [0.05, 0.1) is 18.3 Å². The van der Waals surface area contributed by atoms with Gasteiger partial charge in [-0.05, 0) is 66.8 Å². The van der Waals surface area contributed by atoms with Gasteiger partial charge in [-0.15, -0.1) is 13.2 Å². The maximum atomic E-state index is 10.6. The molecule has 0 aliphatic heterocycles. The summed E-state index contributed by atoms with van der Waals surface area (Å²) in [6.45, 7) is 10.0. The summed E-state index contributed by atoms with van der Waals surface area (Å²) in [6, 6.07) is 16.9. The Morgan fingerprint density at radius 1 is 0.711 bits per heavy atom. The van der Waals surface area contributed by atoms with E-state index in [1.54, 1.807) is 0 Å². The summed E-state index contributed by atoms with van der Waals surface area (Å²) < 4.78 is 0. The molecule has 0 fully saturated rings. The van der Waals surface area contributed by atoms with Crippen molar-refractivity contribution in [2.45, 2.75) is 63.8 Å². The van der Waals surface area contributed by atoms with E-state index in [2.05, 4.69) is 61.7 Å². The van der Waals surface area contributed by atoms with Gasteiger partial charge in [0.2, 0.25) is 0 Å². The molecule has 2 aromatic rings. The molecule has 7 heteroatoms. The third-order valence-corrected chi connectivity index (χ3v) is 6.63. The Balaban J connectivity index is 0.00000352. The van der Waals surface area contributed by atoms with Crippen molar-refractivity contribution in [1.82, 2.24) is 4.90 Å². The highest BCUT2D eigenvalue weighted by atomic mass is 16.3. The van der Waals surface area contributed by atoms with E-state index in [1.807, 2.05) is 11.8 Å². The van der Waals surface area contributed by atoms with Crippen molar-refractivity contribution < 1.29 is 25.5 Å². The van der Waals surface area contributed by atoms with Gasteiger partial charge in [-0.1, -0.05) is 55.5 Å². The first-order chi connectivity index (χ1) is 18.3. The number of rotatable bonds is 18. The smallest absolute Gasteiger partial charge is 0.0691 e. The molecule has 214 valence electrons. The fraction of sp³-hybridized carbons (Fsp3) is 0.548. The van der Waals surface area contributed by atoms with E-state index >= 15 is 0 Å². The first kappa shape index (κ1) is 33.9. The van der Waals surface area contributed by atoms with Gasteiger partial charge >= 0.3 is 0 Å². The van der Waals surface area contributed by atoms with E-state index < -0.39 is 18.3 Å². The second-order valence-corrected chi connectivity index (χ2v) is 10.0. The molecule has 2 rings (SSSR count). The first-order valence-corrected chi connectivity index (χ1v) is 13.7. The zero-order chi connectivity index (χ0) is 28.3. The summed E-state index contributed by atoms with van der Waals surface area (Å²) in [4.78, 5) is 2.04. The van der Waals surface area contributed by atoms with Crippen molar-refractivity contribution in [2.75, 3.05) is 39.4 Å². The minimum atomic E-state index is -0.752. The van der Waals surface area contributed by atoms with Gasteiger partial charge in [0.25, 0.3) is 0 Å². The molecule has 0 aliphatic carbocycles. The average Bonchev–Trinajstić information content (AvgIpc) is 2.89. The van der Waals surface area contributed by atoms with Crippen LogP contribution in [0.1, 0.15) is 43.7 Å². The van der Waals surface area contributed by atoms with E-state index in [-0.39, 0.29) is 32.0 Å². The summed E-state index contributed by atoms with van der Waals surface area (Å²) in [7, 11) is 0. The lowest BCUT2D eigenvalue weighted by molar-refractivity contribution is 0.0274. The van der Waals surface area contributed by atoms with Gasteiger partial charge in [0.1, 0.15) is 0 Å². The summed E-state index contributed by atoms with van der Waals surface area (Å²) in [5, 5.41) is 49.2. The molecule has 0 heterocycles. The number of aliphatic hydroxyl groups excluding tert-OH is 5. The minimum Gasteiger partial charge on any atom is -0.396 e. The van der Waals surface area contributed by atoms with E-state index in [4.69, 9.17) is 15.9 Å². The Morgan fingerprint density at radius 3 is 1.66 bits per heavy atom. The average molecular weight is 531 g/mol. The van der Waals surface area contributed by atoms with Crippen LogP contribution in [0.5, 0.6) is 0 Å². The van der Waals surface area contributed by atoms with Gasteiger partial charge < -0.3 is 31.3 Å². The van der Waals surface area contributed by atoms with Crippen molar-refractivity contribution >= 4 is 0 Å². The Labute approximate surface area is 229 Å². The molecule has 4 unspecified atom stereocenters. The SMILES string of the molecule is C=C.CC(CCO)CC(O)CN(CCc1ccc(-c2ccc(CCN)cc2)cc1)CC(O)CC(O)CCO. The summed E-state index contributed by atoms with van der Waals surface area (Å²) >= 11 is 0. The molecule has 7 nitrogen and oxygen atoms in total. The minimum absolute atomic E-state index is 0.104. The molecule has 0 saturated carbocycles. The lowest BCUT2D eigenvalue weighted by atomic mass is 9.99. The number of nitrogens with two attached hydrogens (primary N) is 1. The van der Waals surface area contributed by atoms with E-state index in [9.17, 15) is 15.3 Å². The van der Waals surface area contributed by atoms with Gasteiger partial charge in [-0.25, -0.2) is 0 Å². The Kier molecular flexibility index (Phi) is 17.8. The van der Waals surface area contributed by atoms with E-state index in [0.29, 0.717) is 39.0 Å². The van der Waals surface area contributed by atoms with Crippen LogP contribution in [0.15, 0.2) is 61.7 Å². The predicted octanol–water partition coefficient (Wildman–Crippen LogP) is 2.77. The normalized spacial score (nSPS) is 14.4. The molecule has 0 bridgehead atoms. The standard InChI is InChI=1S/C29H46N2O5.C2H4/c1-22(12-16-32)18-28(35)20-31(21-29(36)19-27(34)13-17-33)15-11-24-4-8-26(9-5-24)25-6-2-23(3-7-25)10-14-30;1-2/h2-9,22,27-29,32-36H,10-21,30H2,1H3;1-2H2. The van der Waals surface area contributed by atoms with Crippen LogP contribution in [0.4, 0.5) is 0 Å². The molecule has 0 aromatic heterocycles. The number of hydrogen-bond acceptors (Lipinski definition) is 7. The van der Waals surface area contributed by atoms with Crippen LogP contribution < -0.4 is 5.73 Å². The van der Waals surface area contributed by atoms with Crippen molar-refractivity contribution in [2.24, 2.45) is 11.7 Å². The lowest BCUT2D eigenvalue weighted by Crippen LogP contribution is -2.40. The molecule has 0 amide bonds. The second kappa shape index (κ2) is 19.9. The third kappa shape index (κ3) is 13.6. The molecule has 0 radical (unpaired) electrons. The topological polar surface area (TPSA) is 130 Å². The Hall–Kier alpha value is -2.10. The highest BCUT2D eigenvalue weighted by Crippen LogP contribution is 2.21. The van der Waals surface area contributed by atoms with Crippen LogP contribution in [-0.4, -0.2) is 88.1 Å². The third-order valence-electron chi connectivity index (χ3n) is 6.63. The fourth-order valence-electron chi connectivity index (χ4n) is 4.57. The van der Waals surface area contributed by atoms with Crippen molar-refractivity contribution in [3.05, 3.63) is 72.8 Å². The van der Waals surface area contributed by atoms with Crippen LogP contribution in [0.25, 0.3) is 11.1 Å². The highest BCUT2D eigenvalue weighted by molar-refractivity contribution is 5.64. The molecular weight excluding hydrogens is 480 g/mol. The van der Waals surface area contributed by atoms with Crippen LogP contribution in [0.2, 0.25) is 0 Å². The van der Waals surface area contributed by atoms with Crippen LogP contribution in [0, 0.1) is 5.92 Å². The Morgan fingerprint density at radius 2 is 1.18 bits per heavy atom. The van der Waals surface area contributed by atoms with Crippen molar-refractivity contribution in [1.29, 1.82) is 0 Å². The van der Waals surface area contributed by atoms with Crippen LogP contribution in [-0.2, 0) is 12.8 Å². The van der Waals surface area contributed by atoms with E-state index in [1.165, 1.54) is 11.1 Å². The monoisotopic (exact) mass is 530 g/mol. The Bertz CT molecular complexity index is 824. The summed E-state index contributed by atoms with van der Waals surface area (Å²) in [6.07, 6.45) is 1.23. The molecule has 2 aromatic carbocycles. The van der Waals surface area contributed by atoms with Gasteiger partial charge in [-0.2, -0.15) is 0 Å². The maximum Gasteiger partial charge on any atom is 0.0691 e. The molecule has 38 heavy (non-hydrogen) atoms.